The van der Waals surface area contributed by atoms with E-state index in [0.717, 1.165) is 17.8 Å². The fraction of sp³-hybridized carbons (Fsp3) is 1.00. The average Bonchev–Trinajstić information content (AvgIpc) is 2.08. The number of hydrogen-bond acceptors (Lipinski definition) is 1. The predicted octanol–water partition coefficient (Wildman–Crippen LogP) is 2.91. The van der Waals surface area contributed by atoms with Crippen molar-refractivity contribution in [3.05, 3.63) is 0 Å². The van der Waals surface area contributed by atoms with E-state index in [1.807, 2.05) is 13.8 Å². The number of rotatable bonds is 1. The Morgan fingerprint density at radius 3 is 2.17 bits per heavy atom. The van der Waals surface area contributed by atoms with Crippen LogP contribution in [-0.2, 0) is 0 Å². The summed E-state index contributed by atoms with van der Waals surface area (Å²) in [4.78, 5) is 0. The van der Waals surface area contributed by atoms with Crippen molar-refractivity contribution in [3.63, 3.8) is 0 Å². The summed E-state index contributed by atoms with van der Waals surface area (Å²) < 4.78 is 0. The molecule has 0 saturated carbocycles. The number of hydrogen-bond donors (Lipinski definition) is 1. The summed E-state index contributed by atoms with van der Waals surface area (Å²) in [7, 11) is 0. The molecule has 74 valence electrons. The molecular weight excluding hydrogens is 146 g/mol. The molecule has 1 saturated heterocycles. The lowest BCUT2D eigenvalue weighted by Crippen LogP contribution is -2.37. The van der Waals surface area contributed by atoms with E-state index >= 15 is 0 Å². The summed E-state index contributed by atoms with van der Waals surface area (Å²) in [6.45, 7) is 13.5. The Balaban J connectivity index is 0.000000561. The first-order chi connectivity index (χ1) is 5.72. The first-order valence-electron chi connectivity index (χ1n) is 5.42. The molecule has 1 rings (SSSR count). The van der Waals surface area contributed by atoms with Gasteiger partial charge in [0.1, 0.15) is 0 Å². The molecule has 1 aliphatic heterocycles. The quantitative estimate of drug-likeness (QED) is 0.639. The Kier molecular flexibility index (Phi) is 6.45. The monoisotopic (exact) mass is 171 g/mol. The molecule has 2 atom stereocenters. The predicted molar refractivity (Wildman–Crippen MR) is 56.3 cm³/mol. The van der Waals surface area contributed by atoms with Crippen molar-refractivity contribution >= 4 is 0 Å². The molecule has 0 bridgehead atoms. The summed E-state index contributed by atoms with van der Waals surface area (Å²) in [6.07, 6.45) is 1.36. The minimum atomic E-state index is 0.850. The molecule has 0 amide bonds. The largest absolute Gasteiger partial charge is 0.316 e. The molecule has 0 aromatic rings. The lowest BCUT2D eigenvalue weighted by Gasteiger charge is -2.32. The van der Waals surface area contributed by atoms with Gasteiger partial charge in [-0.05, 0) is 37.3 Å². The molecule has 1 nitrogen and oxygen atoms in total. The zero-order valence-electron chi connectivity index (χ0n) is 9.35. The standard InChI is InChI=1S/C9H19N.C2H6/c1-7(2)9-6-10-5-4-8(9)3;1-2/h7-10H,4-6H2,1-3H3;1-2H3. The van der Waals surface area contributed by atoms with Gasteiger partial charge in [0.15, 0.2) is 0 Å². The molecule has 0 aromatic carbocycles. The first-order valence-corrected chi connectivity index (χ1v) is 5.42. The van der Waals surface area contributed by atoms with Crippen molar-refractivity contribution in [3.8, 4) is 0 Å². The van der Waals surface area contributed by atoms with Gasteiger partial charge in [-0.25, -0.2) is 0 Å². The minimum absolute atomic E-state index is 0.850. The van der Waals surface area contributed by atoms with Crippen molar-refractivity contribution in [1.82, 2.24) is 5.32 Å². The second-order valence-electron chi connectivity index (χ2n) is 3.88. The summed E-state index contributed by atoms with van der Waals surface area (Å²) in [6, 6.07) is 0. The van der Waals surface area contributed by atoms with Crippen molar-refractivity contribution in [2.75, 3.05) is 13.1 Å². The molecule has 2 unspecified atom stereocenters. The third-order valence-electron chi connectivity index (χ3n) is 2.74. The molecule has 0 aromatic heterocycles. The van der Waals surface area contributed by atoms with Gasteiger partial charge in [0.2, 0.25) is 0 Å². The highest BCUT2D eigenvalue weighted by Crippen LogP contribution is 2.24. The molecule has 0 spiro atoms. The van der Waals surface area contributed by atoms with Crippen LogP contribution in [0, 0.1) is 17.8 Å². The summed E-state index contributed by atoms with van der Waals surface area (Å²) in [5.41, 5.74) is 0. The van der Waals surface area contributed by atoms with Crippen LogP contribution in [0.5, 0.6) is 0 Å². The van der Waals surface area contributed by atoms with E-state index in [1.54, 1.807) is 0 Å². The Morgan fingerprint density at radius 1 is 1.25 bits per heavy atom. The van der Waals surface area contributed by atoms with Crippen LogP contribution in [0.2, 0.25) is 0 Å². The van der Waals surface area contributed by atoms with Crippen molar-refractivity contribution in [2.24, 2.45) is 17.8 Å². The van der Waals surface area contributed by atoms with Gasteiger partial charge in [0.05, 0.1) is 0 Å². The van der Waals surface area contributed by atoms with Gasteiger partial charge in [-0.2, -0.15) is 0 Å². The third-order valence-corrected chi connectivity index (χ3v) is 2.74. The Hall–Kier alpha value is -0.0400. The second-order valence-corrected chi connectivity index (χ2v) is 3.88. The second kappa shape index (κ2) is 6.47. The van der Waals surface area contributed by atoms with Crippen molar-refractivity contribution in [1.29, 1.82) is 0 Å². The fourth-order valence-electron chi connectivity index (χ4n) is 1.91. The molecule has 0 aliphatic carbocycles. The maximum Gasteiger partial charge on any atom is -0.00155 e. The van der Waals surface area contributed by atoms with E-state index in [-0.39, 0.29) is 0 Å². The fourth-order valence-corrected chi connectivity index (χ4v) is 1.91. The van der Waals surface area contributed by atoms with E-state index in [1.165, 1.54) is 19.5 Å². The van der Waals surface area contributed by atoms with Gasteiger partial charge in [-0.15, -0.1) is 0 Å². The Labute approximate surface area is 77.9 Å². The summed E-state index contributed by atoms with van der Waals surface area (Å²) >= 11 is 0. The molecule has 1 heterocycles. The van der Waals surface area contributed by atoms with E-state index < -0.39 is 0 Å². The maximum atomic E-state index is 3.45. The lowest BCUT2D eigenvalue weighted by atomic mass is 9.80. The highest BCUT2D eigenvalue weighted by molar-refractivity contribution is 4.76. The van der Waals surface area contributed by atoms with Crippen LogP contribution in [0.25, 0.3) is 0 Å². The van der Waals surface area contributed by atoms with Crippen LogP contribution in [0.1, 0.15) is 41.0 Å². The number of piperidine rings is 1. The van der Waals surface area contributed by atoms with E-state index in [2.05, 4.69) is 26.1 Å². The molecule has 1 N–H and O–H groups in total. The molecule has 1 fully saturated rings. The molecule has 12 heavy (non-hydrogen) atoms. The van der Waals surface area contributed by atoms with E-state index in [9.17, 15) is 0 Å². The van der Waals surface area contributed by atoms with Crippen LogP contribution >= 0.6 is 0 Å². The van der Waals surface area contributed by atoms with Crippen LogP contribution in [0.4, 0.5) is 0 Å². The van der Waals surface area contributed by atoms with Crippen LogP contribution < -0.4 is 5.32 Å². The van der Waals surface area contributed by atoms with Gasteiger partial charge < -0.3 is 5.32 Å². The zero-order chi connectivity index (χ0) is 9.56. The van der Waals surface area contributed by atoms with Crippen LogP contribution in [-0.4, -0.2) is 13.1 Å². The number of nitrogens with one attached hydrogen (secondary N) is 1. The molecule has 1 aliphatic rings. The normalized spacial score (nSPS) is 29.5. The molecule has 1 heteroatoms. The first kappa shape index (κ1) is 12.0. The maximum absolute atomic E-state index is 3.45. The molecule has 0 radical (unpaired) electrons. The summed E-state index contributed by atoms with van der Waals surface area (Å²) in [5.74, 6) is 2.69. The van der Waals surface area contributed by atoms with Crippen LogP contribution in [0.3, 0.4) is 0 Å². The Bertz CT molecular complexity index is 99.2. The Morgan fingerprint density at radius 2 is 1.83 bits per heavy atom. The zero-order valence-corrected chi connectivity index (χ0v) is 9.35. The highest BCUT2D eigenvalue weighted by Gasteiger charge is 2.23. The SMILES string of the molecule is CC.CC(C)C1CNCCC1C. The highest BCUT2D eigenvalue weighted by atomic mass is 14.9. The van der Waals surface area contributed by atoms with E-state index in [4.69, 9.17) is 0 Å². The smallest absolute Gasteiger partial charge is 0.00155 e. The lowest BCUT2D eigenvalue weighted by molar-refractivity contribution is 0.212. The van der Waals surface area contributed by atoms with Gasteiger partial charge in [-0.3, -0.25) is 0 Å². The topological polar surface area (TPSA) is 12.0 Å². The van der Waals surface area contributed by atoms with Crippen molar-refractivity contribution < 1.29 is 0 Å². The summed E-state index contributed by atoms with van der Waals surface area (Å²) in [5, 5.41) is 3.45. The van der Waals surface area contributed by atoms with Gasteiger partial charge in [0.25, 0.3) is 0 Å². The van der Waals surface area contributed by atoms with Gasteiger partial charge in [-0.1, -0.05) is 34.6 Å². The van der Waals surface area contributed by atoms with Gasteiger partial charge in [0, 0.05) is 0 Å². The minimum Gasteiger partial charge on any atom is -0.316 e. The van der Waals surface area contributed by atoms with E-state index in [0.29, 0.717) is 0 Å². The van der Waals surface area contributed by atoms with Crippen LogP contribution in [0.15, 0.2) is 0 Å². The third kappa shape index (κ3) is 3.57. The molecular formula is C11H25N. The van der Waals surface area contributed by atoms with Crippen molar-refractivity contribution in [2.45, 2.75) is 41.0 Å². The average molecular weight is 171 g/mol. The van der Waals surface area contributed by atoms with Gasteiger partial charge >= 0.3 is 0 Å².